The van der Waals surface area contributed by atoms with Crippen LogP contribution in [0.4, 0.5) is 5.69 Å². The van der Waals surface area contributed by atoms with Crippen molar-refractivity contribution in [2.24, 2.45) is 11.8 Å². The summed E-state index contributed by atoms with van der Waals surface area (Å²) in [6.07, 6.45) is 7.61. The van der Waals surface area contributed by atoms with E-state index in [9.17, 15) is 13.2 Å². The molecule has 31 heavy (non-hydrogen) atoms. The third-order valence-corrected chi connectivity index (χ3v) is 9.07. The van der Waals surface area contributed by atoms with E-state index in [1.807, 2.05) is 0 Å². The van der Waals surface area contributed by atoms with Crippen molar-refractivity contribution in [2.75, 3.05) is 18.4 Å². The fourth-order valence-electron chi connectivity index (χ4n) is 5.55. The monoisotopic (exact) mass is 438 g/mol. The molecule has 2 atom stereocenters. The predicted molar refractivity (Wildman–Crippen MR) is 121 cm³/mol. The van der Waals surface area contributed by atoms with Crippen LogP contribution >= 0.6 is 0 Å². The molecule has 6 heteroatoms. The van der Waals surface area contributed by atoms with Crippen LogP contribution in [0.15, 0.2) is 47.4 Å². The Hall–Kier alpha value is -2.18. The Balaban J connectivity index is 1.27. The molecule has 1 fully saturated rings. The van der Waals surface area contributed by atoms with E-state index in [0.717, 1.165) is 43.4 Å². The molecule has 2 aromatic carbocycles. The van der Waals surface area contributed by atoms with Crippen molar-refractivity contribution < 1.29 is 13.2 Å². The third kappa shape index (κ3) is 4.28. The number of carbonyl (C=O) groups excluding carboxylic acids is 1. The zero-order valence-electron chi connectivity index (χ0n) is 17.8. The Labute approximate surface area is 184 Å². The highest BCUT2D eigenvalue weighted by molar-refractivity contribution is 7.89. The van der Waals surface area contributed by atoms with Gasteiger partial charge in [0.1, 0.15) is 0 Å². The van der Waals surface area contributed by atoms with Crippen LogP contribution in [-0.2, 0) is 34.1 Å². The maximum Gasteiger partial charge on any atom is 0.243 e. The van der Waals surface area contributed by atoms with Crippen molar-refractivity contribution in [3.63, 3.8) is 0 Å². The van der Waals surface area contributed by atoms with E-state index in [4.69, 9.17) is 0 Å². The molecule has 5 rings (SSSR count). The number of carbonyl (C=O) groups is 1. The van der Waals surface area contributed by atoms with Gasteiger partial charge in [0, 0.05) is 25.2 Å². The molecule has 0 radical (unpaired) electrons. The molecule has 1 amide bonds. The first-order valence-corrected chi connectivity index (χ1v) is 12.9. The highest BCUT2D eigenvalue weighted by atomic mass is 32.2. The number of piperidine rings is 1. The summed E-state index contributed by atoms with van der Waals surface area (Å²) in [5, 5.41) is 2.83. The minimum absolute atomic E-state index is 0.00712. The predicted octanol–water partition coefficient (Wildman–Crippen LogP) is 4.17. The lowest BCUT2D eigenvalue weighted by atomic mass is 9.78. The third-order valence-electron chi connectivity index (χ3n) is 7.21. The van der Waals surface area contributed by atoms with Gasteiger partial charge in [0.25, 0.3) is 0 Å². The normalized spacial score (nSPS) is 24.2. The van der Waals surface area contributed by atoms with Crippen LogP contribution in [0.2, 0.25) is 0 Å². The molecule has 1 aliphatic carbocycles. The van der Waals surface area contributed by atoms with E-state index < -0.39 is 10.0 Å². The van der Waals surface area contributed by atoms with Crippen molar-refractivity contribution in [2.45, 2.75) is 56.3 Å². The summed E-state index contributed by atoms with van der Waals surface area (Å²) in [5.41, 5.74) is 4.61. The van der Waals surface area contributed by atoms with Gasteiger partial charge in [0.15, 0.2) is 0 Å². The molecule has 2 unspecified atom stereocenters. The lowest BCUT2D eigenvalue weighted by Crippen LogP contribution is -2.40. The van der Waals surface area contributed by atoms with Gasteiger partial charge in [-0.25, -0.2) is 8.42 Å². The number of rotatable bonds is 4. The number of anilines is 1. The van der Waals surface area contributed by atoms with Gasteiger partial charge in [0.05, 0.1) is 4.90 Å². The summed E-state index contributed by atoms with van der Waals surface area (Å²) in [5.74, 6) is 1.07. The van der Waals surface area contributed by atoms with Crippen LogP contribution in [0.25, 0.3) is 0 Å². The molecular weight excluding hydrogens is 408 g/mol. The van der Waals surface area contributed by atoms with Gasteiger partial charge in [-0.05, 0) is 91.7 Å². The molecule has 0 spiro atoms. The molecule has 2 heterocycles. The number of amides is 1. The number of sulfonamides is 1. The Morgan fingerprint density at radius 3 is 2.65 bits per heavy atom. The van der Waals surface area contributed by atoms with E-state index in [2.05, 4.69) is 29.6 Å². The topological polar surface area (TPSA) is 66.5 Å². The largest absolute Gasteiger partial charge is 0.326 e. The van der Waals surface area contributed by atoms with Gasteiger partial charge >= 0.3 is 0 Å². The molecule has 3 aliphatic rings. The van der Waals surface area contributed by atoms with Gasteiger partial charge in [0.2, 0.25) is 15.9 Å². The van der Waals surface area contributed by atoms with Crippen LogP contribution in [-0.4, -0.2) is 31.7 Å². The van der Waals surface area contributed by atoms with Crippen LogP contribution in [0.1, 0.15) is 48.8 Å². The summed E-state index contributed by atoms with van der Waals surface area (Å²) in [6.45, 7) is 1.22. The number of hydrogen-bond donors (Lipinski definition) is 1. The van der Waals surface area contributed by atoms with Gasteiger partial charge in [-0.2, -0.15) is 4.31 Å². The Morgan fingerprint density at radius 1 is 0.935 bits per heavy atom. The van der Waals surface area contributed by atoms with Crippen LogP contribution in [0, 0.1) is 11.8 Å². The van der Waals surface area contributed by atoms with Crippen LogP contribution < -0.4 is 5.32 Å². The summed E-state index contributed by atoms with van der Waals surface area (Å²) in [6, 6.07) is 13.9. The molecule has 1 saturated heterocycles. The maximum atomic E-state index is 13.4. The van der Waals surface area contributed by atoms with E-state index in [-0.39, 0.29) is 5.91 Å². The van der Waals surface area contributed by atoms with Gasteiger partial charge in [-0.3, -0.25) is 4.79 Å². The summed E-state index contributed by atoms with van der Waals surface area (Å²) in [7, 11) is -3.51. The lowest BCUT2D eigenvalue weighted by molar-refractivity contribution is -0.116. The highest BCUT2D eigenvalue weighted by Gasteiger charge is 2.32. The first-order valence-electron chi connectivity index (χ1n) is 11.5. The SMILES string of the molecule is O=C1CCc2cc(S(=O)(=O)N3CCCC(CC4CCc5ccccc5C4)C3)ccc2N1. The second kappa shape index (κ2) is 8.40. The molecule has 164 valence electrons. The maximum absolute atomic E-state index is 13.4. The van der Waals surface area contributed by atoms with Crippen LogP contribution in [0.3, 0.4) is 0 Å². The smallest absolute Gasteiger partial charge is 0.243 e. The first-order chi connectivity index (χ1) is 15.0. The van der Waals surface area contributed by atoms with Gasteiger partial charge in [-0.15, -0.1) is 0 Å². The number of nitrogens with zero attached hydrogens (tertiary/aromatic N) is 1. The van der Waals surface area contributed by atoms with Crippen molar-refractivity contribution in [3.05, 3.63) is 59.2 Å². The van der Waals surface area contributed by atoms with Crippen molar-refractivity contribution in [1.82, 2.24) is 4.31 Å². The second-order valence-corrected chi connectivity index (χ2v) is 11.3. The lowest BCUT2D eigenvalue weighted by Gasteiger charge is -2.35. The standard InChI is InChI=1S/C25H30N2O3S/c28-25-12-9-22-16-23(10-11-24(22)26-25)31(29,30)27-13-3-4-19(17-27)14-18-7-8-20-5-1-2-6-21(20)15-18/h1-2,5-6,10-11,16,18-19H,3-4,7-9,12-15,17H2,(H,26,28). The number of hydrogen-bond acceptors (Lipinski definition) is 3. The fourth-order valence-corrected chi connectivity index (χ4v) is 7.16. The zero-order chi connectivity index (χ0) is 21.4. The number of fused-ring (bicyclic) bond motifs is 2. The molecule has 0 bridgehead atoms. The number of benzene rings is 2. The quantitative estimate of drug-likeness (QED) is 0.779. The first kappa shape index (κ1) is 20.7. The molecule has 2 aliphatic heterocycles. The van der Waals surface area contributed by atoms with E-state index >= 15 is 0 Å². The zero-order valence-corrected chi connectivity index (χ0v) is 18.7. The average Bonchev–Trinajstić information content (AvgIpc) is 2.79. The van der Waals surface area contributed by atoms with Gasteiger partial charge < -0.3 is 5.32 Å². The van der Waals surface area contributed by atoms with E-state index in [0.29, 0.717) is 42.7 Å². The Bertz CT molecular complexity index is 1100. The Morgan fingerprint density at radius 2 is 1.77 bits per heavy atom. The van der Waals surface area contributed by atoms with Crippen LogP contribution in [0.5, 0.6) is 0 Å². The molecule has 5 nitrogen and oxygen atoms in total. The molecule has 2 aromatic rings. The molecule has 0 saturated carbocycles. The number of nitrogens with one attached hydrogen (secondary N) is 1. The fraction of sp³-hybridized carbons (Fsp3) is 0.480. The van der Waals surface area contributed by atoms with E-state index in [1.54, 1.807) is 22.5 Å². The molecular formula is C25H30N2O3S. The number of aryl methyl sites for hydroxylation is 2. The summed E-state index contributed by atoms with van der Waals surface area (Å²) in [4.78, 5) is 11.9. The molecule has 0 aromatic heterocycles. The van der Waals surface area contributed by atoms with Crippen molar-refractivity contribution >= 4 is 21.6 Å². The van der Waals surface area contributed by atoms with Gasteiger partial charge in [-0.1, -0.05) is 24.3 Å². The minimum atomic E-state index is -3.51. The van der Waals surface area contributed by atoms with E-state index in [1.165, 1.54) is 17.5 Å². The second-order valence-electron chi connectivity index (χ2n) is 9.35. The van der Waals surface area contributed by atoms with Crippen molar-refractivity contribution in [3.8, 4) is 0 Å². The Kier molecular flexibility index (Phi) is 5.61. The van der Waals surface area contributed by atoms with Crippen molar-refractivity contribution in [1.29, 1.82) is 0 Å². The average molecular weight is 439 g/mol. The minimum Gasteiger partial charge on any atom is -0.326 e. The summed E-state index contributed by atoms with van der Waals surface area (Å²) >= 11 is 0. The highest BCUT2D eigenvalue weighted by Crippen LogP contribution is 2.34. The summed E-state index contributed by atoms with van der Waals surface area (Å²) < 4.78 is 28.5. The molecule has 1 N–H and O–H groups in total.